The van der Waals surface area contributed by atoms with Gasteiger partial charge in [-0.3, -0.25) is 4.79 Å². The van der Waals surface area contributed by atoms with Gasteiger partial charge in [-0.25, -0.2) is 0 Å². The normalized spacial score (nSPS) is 20.0. The average molecular weight is 324 g/mol. The number of hydrogen-bond donors (Lipinski definition) is 0. The summed E-state index contributed by atoms with van der Waals surface area (Å²) in [7, 11) is 1.88. The van der Waals surface area contributed by atoms with Crippen LogP contribution in [0.1, 0.15) is 45.5 Å². The molecule has 130 valence electrons. The summed E-state index contributed by atoms with van der Waals surface area (Å²) in [5.41, 5.74) is 0. The van der Waals surface area contributed by atoms with Gasteiger partial charge in [-0.1, -0.05) is 13.8 Å². The maximum atomic E-state index is 12.3. The summed E-state index contributed by atoms with van der Waals surface area (Å²) in [6.07, 6.45) is 3.05. The first-order valence-electron chi connectivity index (χ1n) is 8.32. The van der Waals surface area contributed by atoms with E-state index in [1.807, 2.05) is 16.5 Å². The Bertz CT molecular complexity index is 503. The number of carbonyl (C=O) groups is 1. The summed E-state index contributed by atoms with van der Waals surface area (Å²) < 4.78 is 13.3. The molecule has 0 bridgehead atoms. The van der Waals surface area contributed by atoms with Crippen LogP contribution >= 0.6 is 0 Å². The van der Waals surface area contributed by atoms with Gasteiger partial charge in [0, 0.05) is 13.6 Å². The number of carbonyl (C=O) groups excluding carboxylic acids is 1. The molecule has 2 atom stereocenters. The van der Waals surface area contributed by atoms with E-state index in [1.165, 1.54) is 0 Å². The van der Waals surface area contributed by atoms with Crippen molar-refractivity contribution in [1.82, 2.24) is 19.7 Å². The van der Waals surface area contributed by atoms with Crippen LogP contribution in [0.2, 0.25) is 0 Å². The Morgan fingerprint density at radius 1 is 1.48 bits per heavy atom. The molecule has 1 aromatic rings. The SMILES string of the molecule is CC(C)C[C@H](C)OCCC(=O)N1CCO[C@H](c2nncn2C)C1. The lowest BCUT2D eigenvalue weighted by Gasteiger charge is -2.32. The molecule has 0 N–H and O–H groups in total. The average Bonchev–Trinajstić information content (AvgIpc) is 2.92. The monoisotopic (exact) mass is 324 g/mol. The second kappa shape index (κ2) is 8.40. The number of hydrogen-bond acceptors (Lipinski definition) is 5. The first kappa shape index (κ1) is 17.9. The highest BCUT2D eigenvalue weighted by molar-refractivity contribution is 5.76. The van der Waals surface area contributed by atoms with Crippen molar-refractivity contribution in [3.8, 4) is 0 Å². The summed E-state index contributed by atoms with van der Waals surface area (Å²) in [5, 5.41) is 7.94. The molecule has 0 aromatic carbocycles. The van der Waals surface area contributed by atoms with Crippen molar-refractivity contribution in [1.29, 1.82) is 0 Å². The van der Waals surface area contributed by atoms with E-state index in [9.17, 15) is 4.79 Å². The zero-order valence-electron chi connectivity index (χ0n) is 14.6. The minimum Gasteiger partial charge on any atom is -0.378 e. The topological polar surface area (TPSA) is 69.5 Å². The number of aryl methyl sites for hydroxylation is 1. The number of rotatable bonds is 7. The first-order valence-corrected chi connectivity index (χ1v) is 8.32. The summed E-state index contributed by atoms with van der Waals surface area (Å²) >= 11 is 0. The van der Waals surface area contributed by atoms with Gasteiger partial charge in [0.25, 0.3) is 0 Å². The number of amides is 1. The van der Waals surface area contributed by atoms with Crippen molar-refractivity contribution in [3.63, 3.8) is 0 Å². The third kappa shape index (κ3) is 5.28. The Morgan fingerprint density at radius 3 is 2.91 bits per heavy atom. The third-order valence-corrected chi connectivity index (χ3v) is 3.98. The van der Waals surface area contributed by atoms with E-state index in [2.05, 4.69) is 31.0 Å². The molecule has 7 nitrogen and oxygen atoms in total. The Labute approximate surface area is 138 Å². The molecular formula is C16H28N4O3. The molecule has 1 aliphatic rings. The predicted molar refractivity (Wildman–Crippen MR) is 85.8 cm³/mol. The molecule has 1 fully saturated rings. The summed E-state index contributed by atoms with van der Waals surface area (Å²) in [6, 6.07) is 0. The van der Waals surface area contributed by atoms with E-state index in [4.69, 9.17) is 9.47 Å². The van der Waals surface area contributed by atoms with E-state index < -0.39 is 0 Å². The maximum Gasteiger partial charge on any atom is 0.225 e. The molecule has 0 saturated carbocycles. The zero-order valence-corrected chi connectivity index (χ0v) is 14.6. The fourth-order valence-corrected chi connectivity index (χ4v) is 2.85. The molecule has 0 radical (unpaired) electrons. The van der Waals surface area contributed by atoms with E-state index in [0.717, 1.165) is 12.2 Å². The zero-order chi connectivity index (χ0) is 16.8. The van der Waals surface area contributed by atoms with E-state index in [1.54, 1.807) is 6.33 Å². The Balaban J connectivity index is 1.77. The second-order valence-electron chi connectivity index (χ2n) is 6.56. The Kier molecular flexibility index (Phi) is 6.53. The van der Waals surface area contributed by atoms with Gasteiger partial charge in [0.1, 0.15) is 12.4 Å². The predicted octanol–water partition coefficient (Wildman–Crippen LogP) is 1.56. The van der Waals surface area contributed by atoms with Crippen LogP contribution in [0.3, 0.4) is 0 Å². The fraction of sp³-hybridized carbons (Fsp3) is 0.812. The van der Waals surface area contributed by atoms with Gasteiger partial charge < -0.3 is 18.9 Å². The van der Waals surface area contributed by atoms with Crippen molar-refractivity contribution < 1.29 is 14.3 Å². The van der Waals surface area contributed by atoms with Crippen LogP contribution in [0, 0.1) is 5.92 Å². The van der Waals surface area contributed by atoms with E-state index >= 15 is 0 Å². The van der Waals surface area contributed by atoms with Gasteiger partial charge in [-0.15, -0.1) is 10.2 Å². The van der Waals surface area contributed by atoms with Crippen LogP contribution in [0.15, 0.2) is 6.33 Å². The van der Waals surface area contributed by atoms with Crippen molar-refractivity contribution in [2.24, 2.45) is 13.0 Å². The largest absolute Gasteiger partial charge is 0.378 e. The number of nitrogens with zero attached hydrogens (tertiary/aromatic N) is 4. The van der Waals surface area contributed by atoms with Crippen LogP contribution < -0.4 is 0 Å². The Morgan fingerprint density at radius 2 is 2.26 bits per heavy atom. The highest BCUT2D eigenvalue weighted by Crippen LogP contribution is 2.20. The fourth-order valence-electron chi connectivity index (χ4n) is 2.85. The summed E-state index contributed by atoms with van der Waals surface area (Å²) in [5.74, 6) is 1.47. The Hall–Kier alpha value is -1.47. The lowest BCUT2D eigenvalue weighted by molar-refractivity contribution is -0.141. The molecule has 1 aliphatic heterocycles. The molecule has 1 amide bonds. The number of ether oxygens (including phenoxy) is 2. The van der Waals surface area contributed by atoms with Gasteiger partial charge in [0.15, 0.2) is 5.82 Å². The van der Waals surface area contributed by atoms with Crippen LogP contribution in [-0.2, 0) is 21.3 Å². The first-order chi connectivity index (χ1) is 11.0. The van der Waals surface area contributed by atoms with Crippen molar-refractivity contribution in [3.05, 3.63) is 12.2 Å². The summed E-state index contributed by atoms with van der Waals surface area (Å²) in [6.45, 7) is 8.54. The highest BCUT2D eigenvalue weighted by Gasteiger charge is 2.28. The maximum absolute atomic E-state index is 12.3. The molecule has 0 aliphatic carbocycles. The van der Waals surface area contributed by atoms with E-state index in [0.29, 0.717) is 38.6 Å². The summed E-state index contributed by atoms with van der Waals surface area (Å²) in [4.78, 5) is 14.2. The lowest BCUT2D eigenvalue weighted by atomic mass is 10.1. The molecule has 1 aromatic heterocycles. The standard InChI is InChI=1S/C16H28N4O3/c1-12(2)9-13(3)22-7-5-15(21)20-6-8-23-14(10-20)16-18-17-11-19(16)4/h11-14H,5-10H2,1-4H3/t13-,14-/m0/s1. The van der Waals surface area contributed by atoms with Crippen LogP contribution in [0.5, 0.6) is 0 Å². The molecule has 23 heavy (non-hydrogen) atoms. The molecule has 1 saturated heterocycles. The highest BCUT2D eigenvalue weighted by atomic mass is 16.5. The third-order valence-electron chi connectivity index (χ3n) is 3.98. The molecule has 7 heteroatoms. The second-order valence-corrected chi connectivity index (χ2v) is 6.56. The van der Waals surface area contributed by atoms with Crippen LogP contribution in [0.4, 0.5) is 0 Å². The lowest BCUT2D eigenvalue weighted by Crippen LogP contribution is -2.43. The van der Waals surface area contributed by atoms with Gasteiger partial charge in [-0.2, -0.15) is 0 Å². The smallest absolute Gasteiger partial charge is 0.225 e. The molecular weight excluding hydrogens is 296 g/mol. The van der Waals surface area contributed by atoms with E-state index in [-0.39, 0.29) is 18.1 Å². The van der Waals surface area contributed by atoms with Crippen molar-refractivity contribution >= 4 is 5.91 Å². The number of morpholine rings is 1. The molecule has 2 heterocycles. The van der Waals surface area contributed by atoms with Crippen molar-refractivity contribution in [2.75, 3.05) is 26.3 Å². The quantitative estimate of drug-likeness (QED) is 0.761. The van der Waals surface area contributed by atoms with Gasteiger partial charge >= 0.3 is 0 Å². The minimum absolute atomic E-state index is 0.109. The van der Waals surface area contributed by atoms with Crippen molar-refractivity contribution in [2.45, 2.75) is 45.8 Å². The van der Waals surface area contributed by atoms with Gasteiger partial charge in [-0.05, 0) is 19.3 Å². The van der Waals surface area contributed by atoms with Gasteiger partial charge in [0.2, 0.25) is 5.91 Å². The molecule has 0 unspecified atom stereocenters. The van der Waals surface area contributed by atoms with Crippen LogP contribution in [-0.4, -0.2) is 58.0 Å². The van der Waals surface area contributed by atoms with Crippen LogP contribution in [0.25, 0.3) is 0 Å². The number of aromatic nitrogens is 3. The molecule has 0 spiro atoms. The van der Waals surface area contributed by atoms with Gasteiger partial charge in [0.05, 0.1) is 32.3 Å². The molecule has 2 rings (SSSR count). The minimum atomic E-state index is -0.207.